The third-order valence-corrected chi connectivity index (χ3v) is 3.11. The van der Waals surface area contributed by atoms with Crippen molar-refractivity contribution in [2.45, 2.75) is 18.9 Å². The second-order valence-corrected chi connectivity index (χ2v) is 4.55. The number of aryl methyl sites for hydroxylation is 2. The lowest BCUT2D eigenvalue weighted by atomic mass is 10.0. The average Bonchev–Trinajstić information content (AvgIpc) is 2.81. The third kappa shape index (κ3) is 3.32. The van der Waals surface area contributed by atoms with Gasteiger partial charge in [0.05, 0.1) is 13.3 Å². The number of rotatable bonds is 5. The van der Waals surface area contributed by atoms with E-state index >= 15 is 0 Å². The number of aromatic nitrogens is 2. The molecule has 0 aliphatic carbocycles. The Labute approximate surface area is 112 Å². The van der Waals surface area contributed by atoms with Crippen LogP contribution in [0.1, 0.15) is 23.6 Å². The van der Waals surface area contributed by atoms with Gasteiger partial charge in [-0.05, 0) is 24.5 Å². The molecule has 2 N–H and O–H groups in total. The van der Waals surface area contributed by atoms with Crippen molar-refractivity contribution in [1.29, 1.82) is 0 Å². The molecule has 0 saturated heterocycles. The van der Waals surface area contributed by atoms with Crippen LogP contribution in [0.3, 0.4) is 0 Å². The maximum atomic E-state index is 13.8. The molecular formula is C14H18FN3O. The number of nitrogens with two attached hydrogens (primary N) is 1. The quantitative estimate of drug-likeness (QED) is 0.899. The van der Waals surface area contributed by atoms with E-state index in [0.29, 0.717) is 17.7 Å². The average molecular weight is 263 g/mol. The van der Waals surface area contributed by atoms with Crippen molar-refractivity contribution in [3.05, 3.63) is 47.5 Å². The van der Waals surface area contributed by atoms with Crippen LogP contribution in [0.25, 0.3) is 0 Å². The van der Waals surface area contributed by atoms with E-state index in [4.69, 9.17) is 10.5 Å². The molecule has 1 atom stereocenters. The van der Waals surface area contributed by atoms with Gasteiger partial charge in [-0.2, -0.15) is 5.10 Å². The highest BCUT2D eigenvalue weighted by molar-refractivity contribution is 5.30. The predicted molar refractivity (Wildman–Crippen MR) is 71.4 cm³/mol. The lowest BCUT2D eigenvalue weighted by Gasteiger charge is -2.13. The summed E-state index contributed by atoms with van der Waals surface area (Å²) >= 11 is 0. The van der Waals surface area contributed by atoms with Gasteiger partial charge >= 0.3 is 0 Å². The Morgan fingerprint density at radius 2 is 2.26 bits per heavy atom. The van der Waals surface area contributed by atoms with Crippen LogP contribution in [-0.2, 0) is 13.5 Å². The van der Waals surface area contributed by atoms with Crippen molar-refractivity contribution < 1.29 is 9.13 Å². The summed E-state index contributed by atoms with van der Waals surface area (Å²) in [7, 11) is 3.38. The Bertz CT molecular complexity index is 553. The van der Waals surface area contributed by atoms with Crippen LogP contribution in [0.2, 0.25) is 0 Å². The van der Waals surface area contributed by atoms with Crippen molar-refractivity contribution in [3.8, 4) is 5.75 Å². The number of benzene rings is 1. The minimum atomic E-state index is -0.328. The Balaban J connectivity index is 2.01. The number of nitrogens with zero attached hydrogens (tertiary/aromatic N) is 2. The molecule has 0 radical (unpaired) electrons. The number of hydrogen-bond acceptors (Lipinski definition) is 3. The second-order valence-electron chi connectivity index (χ2n) is 4.55. The van der Waals surface area contributed by atoms with Crippen molar-refractivity contribution in [2.24, 2.45) is 12.8 Å². The van der Waals surface area contributed by atoms with E-state index < -0.39 is 0 Å². The summed E-state index contributed by atoms with van der Waals surface area (Å²) in [6.07, 6.45) is 5.20. The minimum absolute atomic E-state index is 0.321. The van der Waals surface area contributed by atoms with Crippen LogP contribution in [-0.4, -0.2) is 16.9 Å². The van der Waals surface area contributed by atoms with Crippen molar-refractivity contribution in [2.75, 3.05) is 7.11 Å². The summed E-state index contributed by atoms with van der Waals surface area (Å²) in [6, 6.07) is 4.44. The first-order valence-electron chi connectivity index (χ1n) is 6.16. The van der Waals surface area contributed by atoms with Gasteiger partial charge in [0.1, 0.15) is 11.6 Å². The van der Waals surface area contributed by atoms with Gasteiger partial charge in [0.25, 0.3) is 0 Å². The highest BCUT2D eigenvalue weighted by atomic mass is 19.1. The van der Waals surface area contributed by atoms with Gasteiger partial charge in [0.15, 0.2) is 0 Å². The largest absolute Gasteiger partial charge is 0.497 e. The molecule has 2 rings (SSSR count). The maximum Gasteiger partial charge on any atom is 0.131 e. The minimum Gasteiger partial charge on any atom is -0.497 e. The lowest BCUT2D eigenvalue weighted by Crippen LogP contribution is -2.13. The van der Waals surface area contributed by atoms with Crippen molar-refractivity contribution in [1.82, 2.24) is 9.78 Å². The van der Waals surface area contributed by atoms with Gasteiger partial charge in [0.2, 0.25) is 0 Å². The van der Waals surface area contributed by atoms with Gasteiger partial charge in [-0.1, -0.05) is 6.07 Å². The molecule has 19 heavy (non-hydrogen) atoms. The summed E-state index contributed by atoms with van der Waals surface area (Å²) in [6.45, 7) is 0. The first-order valence-corrected chi connectivity index (χ1v) is 6.16. The van der Waals surface area contributed by atoms with Crippen LogP contribution in [0.5, 0.6) is 5.75 Å². The molecule has 0 aliphatic rings. The molecule has 1 aromatic heterocycles. The zero-order valence-corrected chi connectivity index (χ0v) is 11.1. The summed E-state index contributed by atoms with van der Waals surface area (Å²) in [5.74, 6) is 0.179. The second kappa shape index (κ2) is 5.84. The lowest BCUT2D eigenvalue weighted by molar-refractivity contribution is 0.410. The van der Waals surface area contributed by atoms with Crippen molar-refractivity contribution in [3.63, 3.8) is 0 Å². The van der Waals surface area contributed by atoms with E-state index in [-0.39, 0.29) is 11.9 Å². The van der Waals surface area contributed by atoms with Gasteiger partial charge in [-0.3, -0.25) is 4.68 Å². The molecule has 0 bridgehead atoms. The van der Waals surface area contributed by atoms with Crippen LogP contribution in [0.15, 0.2) is 30.6 Å². The smallest absolute Gasteiger partial charge is 0.131 e. The van der Waals surface area contributed by atoms with E-state index in [0.717, 1.165) is 12.0 Å². The Morgan fingerprint density at radius 1 is 1.47 bits per heavy atom. The Hall–Kier alpha value is -1.88. The Kier molecular flexibility index (Phi) is 4.16. The summed E-state index contributed by atoms with van der Waals surface area (Å²) < 4.78 is 20.6. The van der Waals surface area contributed by atoms with Crippen LogP contribution < -0.4 is 10.5 Å². The molecule has 102 valence electrons. The predicted octanol–water partition coefficient (Wildman–Crippen LogP) is 2.20. The molecule has 0 fully saturated rings. The van der Waals surface area contributed by atoms with E-state index in [1.165, 1.54) is 13.2 Å². The first kappa shape index (κ1) is 13.5. The van der Waals surface area contributed by atoms with E-state index in [1.807, 2.05) is 13.2 Å². The fourth-order valence-electron chi connectivity index (χ4n) is 2.01. The maximum absolute atomic E-state index is 13.8. The molecule has 1 unspecified atom stereocenters. The van der Waals surface area contributed by atoms with Crippen molar-refractivity contribution >= 4 is 0 Å². The monoisotopic (exact) mass is 263 g/mol. The van der Waals surface area contributed by atoms with E-state index in [1.54, 1.807) is 23.0 Å². The third-order valence-electron chi connectivity index (χ3n) is 3.11. The normalized spacial score (nSPS) is 12.4. The number of ether oxygens (including phenoxy) is 1. The van der Waals surface area contributed by atoms with Crippen LogP contribution in [0, 0.1) is 5.82 Å². The van der Waals surface area contributed by atoms with Gasteiger partial charge in [-0.25, -0.2) is 4.39 Å². The van der Waals surface area contributed by atoms with E-state index in [9.17, 15) is 4.39 Å². The molecule has 5 heteroatoms. The molecular weight excluding hydrogens is 245 g/mol. The summed E-state index contributed by atoms with van der Waals surface area (Å²) in [5.41, 5.74) is 7.66. The number of halogens is 1. The highest BCUT2D eigenvalue weighted by Gasteiger charge is 2.12. The molecule has 1 heterocycles. The summed E-state index contributed by atoms with van der Waals surface area (Å²) in [4.78, 5) is 0. The SMILES string of the molecule is COc1ccc(C(N)CCc2cnn(C)c2)c(F)c1. The molecule has 0 aliphatic heterocycles. The molecule has 1 aromatic carbocycles. The molecule has 0 amide bonds. The Morgan fingerprint density at radius 3 is 2.84 bits per heavy atom. The highest BCUT2D eigenvalue weighted by Crippen LogP contribution is 2.23. The van der Waals surface area contributed by atoms with Crippen LogP contribution >= 0.6 is 0 Å². The molecule has 4 nitrogen and oxygen atoms in total. The standard InChI is InChI=1S/C14H18FN3O/c1-18-9-10(8-17-18)3-6-14(16)12-5-4-11(19-2)7-13(12)15/h4-5,7-9,14H,3,6,16H2,1-2H3. The summed E-state index contributed by atoms with van der Waals surface area (Å²) in [5, 5.41) is 4.09. The zero-order chi connectivity index (χ0) is 13.8. The van der Waals surface area contributed by atoms with Crippen LogP contribution in [0.4, 0.5) is 4.39 Å². The topological polar surface area (TPSA) is 53.1 Å². The molecule has 0 saturated carbocycles. The zero-order valence-electron chi connectivity index (χ0n) is 11.1. The first-order chi connectivity index (χ1) is 9.10. The van der Waals surface area contributed by atoms with Gasteiger partial charge in [0, 0.05) is 30.9 Å². The number of methoxy groups -OCH3 is 1. The molecule has 2 aromatic rings. The fourth-order valence-corrected chi connectivity index (χ4v) is 2.01. The fraction of sp³-hybridized carbons (Fsp3) is 0.357. The van der Waals surface area contributed by atoms with E-state index in [2.05, 4.69) is 5.10 Å². The van der Waals surface area contributed by atoms with Gasteiger partial charge in [-0.15, -0.1) is 0 Å². The number of hydrogen-bond donors (Lipinski definition) is 1. The van der Waals surface area contributed by atoms with Gasteiger partial charge < -0.3 is 10.5 Å². The molecule has 0 spiro atoms.